The molecule has 3 aromatic rings. The first-order valence-electron chi connectivity index (χ1n) is 13.5. The van der Waals surface area contributed by atoms with E-state index in [0.29, 0.717) is 11.3 Å². The molecule has 2 unspecified atom stereocenters. The van der Waals surface area contributed by atoms with Crippen molar-refractivity contribution in [2.75, 3.05) is 5.32 Å². The minimum Gasteiger partial charge on any atom is -0.323 e. The molecule has 1 N–H and O–H groups in total. The van der Waals surface area contributed by atoms with Crippen molar-refractivity contribution in [3.8, 4) is 0 Å². The molecule has 2 saturated carbocycles. The Morgan fingerprint density at radius 2 is 2.00 bits per heavy atom. The van der Waals surface area contributed by atoms with Gasteiger partial charge in [0.05, 0.1) is 17.6 Å². The van der Waals surface area contributed by atoms with Crippen LogP contribution in [0.15, 0.2) is 64.4 Å². The van der Waals surface area contributed by atoms with Crippen LogP contribution in [-0.2, 0) is 11.8 Å². The third kappa shape index (κ3) is 5.43. The van der Waals surface area contributed by atoms with E-state index in [4.69, 9.17) is 11.6 Å². The van der Waals surface area contributed by atoms with E-state index in [9.17, 15) is 9.59 Å². The van der Waals surface area contributed by atoms with Gasteiger partial charge in [0.25, 0.3) is 5.56 Å². The maximum absolute atomic E-state index is 15.9. The molecular weight excluding hydrogens is 548 g/mol. The Labute approximate surface area is 242 Å². The van der Waals surface area contributed by atoms with Crippen LogP contribution in [0.5, 0.6) is 0 Å². The fraction of sp³-hybridized carbons (Fsp3) is 0.355. The normalized spacial score (nSPS) is 21.8. The number of carbonyl (C=O) groups excluding carboxylic acids is 1. The molecule has 2 aliphatic carbocycles. The van der Waals surface area contributed by atoms with Crippen molar-refractivity contribution in [3.63, 3.8) is 0 Å². The van der Waals surface area contributed by atoms with Crippen LogP contribution in [0.25, 0.3) is 6.20 Å². The second-order valence-electron chi connectivity index (χ2n) is 11.2. The summed E-state index contributed by atoms with van der Waals surface area (Å²) in [5, 5.41) is 7.13. The van der Waals surface area contributed by atoms with Crippen molar-refractivity contribution in [1.82, 2.24) is 14.3 Å². The number of allylic oxidation sites excluding steroid dienone is 2. The number of carbonyl (C=O) groups is 1. The second kappa shape index (κ2) is 10.9. The number of hydrogen-bond donors (Lipinski definition) is 1. The van der Waals surface area contributed by atoms with E-state index >= 15 is 8.78 Å². The number of rotatable bonds is 8. The zero-order valence-electron chi connectivity index (χ0n) is 23.6. The van der Waals surface area contributed by atoms with E-state index in [0.717, 1.165) is 29.3 Å². The Kier molecular flexibility index (Phi) is 7.59. The van der Waals surface area contributed by atoms with Gasteiger partial charge in [-0.15, -0.1) is 0 Å². The fourth-order valence-corrected chi connectivity index (χ4v) is 5.51. The summed E-state index contributed by atoms with van der Waals surface area (Å²) in [6.07, 6.45) is 7.20. The van der Waals surface area contributed by atoms with E-state index in [1.54, 1.807) is 30.7 Å². The molecule has 10 heteroatoms. The van der Waals surface area contributed by atoms with Crippen LogP contribution in [0, 0.1) is 24.1 Å². The van der Waals surface area contributed by atoms with Gasteiger partial charge in [0.2, 0.25) is 5.91 Å². The number of hydrogen-bond acceptors (Lipinski definition) is 4. The van der Waals surface area contributed by atoms with Crippen LogP contribution in [0.2, 0.25) is 5.02 Å². The number of anilines is 1. The average molecular weight is 580 g/mol. The molecule has 2 aromatic heterocycles. The predicted molar refractivity (Wildman–Crippen MR) is 157 cm³/mol. The Bertz CT molecular complexity index is 1680. The van der Waals surface area contributed by atoms with Gasteiger partial charge in [0.15, 0.2) is 11.6 Å². The van der Waals surface area contributed by atoms with E-state index in [2.05, 4.69) is 22.3 Å². The molecule has 1 aromatic carbocycles. The minimum atomic E-state index is -0.945. The van der Waals surface area contributed by atoms with E-state index in [1.165, 1.54) is 24.4 Å². The van der Waals surface area contributed by atoms with Crippen molar-refractivity contribution in [2.24, 2.45) is 23.4 Å². The molecule has 0 spiro atoms. The van der Waals surface area contributed by atoms with Crippen LogP contribution < -0.4 is 10.9 Å². The van der Waals surface area contributed by atoms with Crippen LogP contribution >= 0.6 is 11.6 Å². The zero-order valence-corrected chi connectivity index (χ0v) is 24.3. The highest BCUT2D eigenvalue weighted by Crippen LogP contribution is 2.60. The molecule has 0 radical (unpaired) electrons. The predicted octanol–water partition coefficient (Wildman–Crippen LogP) is 6.73. The fourth-order valence-electron chi connectivity index (χ4n) is 5.24. The first-order chi connectivity index (χ1) is 19.5. The molecular formula is C31H32ClF2N5O2. The number of pyridine rings is 1. The summed E-state index contributed by atoms with van der Waals surface area (Å²) >= 11 is 6.58. The highest BCUT2D eigenvalue weighted by atomic mass is 35.5. The lowest BCUT2D eigenvalue weighted by Gasteiger charge is -2.14. The Hall–Kier alpha value is -3.85. The molecule has 214 valence electrons. The lowest BCUT2D eigenvalue weighted by Crippen LogP contribution is -2.23. The number of nitrogens with one attached hydrogen (secondary N) is 1. The van der Waals surface area contributed by atoms with Crippen LogP contribution in [0.3, 0.4) is 0 Å². The van der Waals surface area contributed by atoms with Crippen molar-refractivity contribution in [1.29, 1.82) is 0 Å². The molecule has 1 amide bonds. The van der Waals surface area contributed by atoms with Crippen LogP contribution in [0.1, 0.15) is 68.0 Å². The Morgan fingerprint density at radius 1 is 1.27 bits per heavy atom. The van der Waals surface area contributed by atoms with Gasteiger partial charge in [-0.1, -0.05) is 37.6 Å². The smallest absolute Gasteiger partial charge is 0.273 e. The van der Waals surface area contributed by atoms with Crippen LogP contribution in [-0.4, -0.2) is 26.0 Å². The first-order valence-corrected chi connectivity index (χ1v) is 13.9. The molecule has 7 nitrogen and oxygen atoms in total. The van der Waals surface area contributed by atoms with E-state index in [-0.39, 0.29) is 45.6 Å². The molecule has 41 heavy (non-hydrogen) atoms. The second-order valence-corrected chi connectivity index (χ2v) is 11.6. The van der Waals surface area contributed by atoms with Gasteiger partial charge < -0.3 is 5.32 Å². The standard InChI is InChI=1S/C31H32ClF2N5O2/c1-6-13-35-28(19-8-7-9-23(27(19)34)36-30(41)31(4)11-12-31)21(33)16-39-17(2)15-20(26(32)29(39)40)24-18(3)25(24)22-10-14-38(5)37-22/h6-10,13-16,18,24-25H,11-12H2,1-5H3,(H,36,41)/b13-6+,21-16-,35-28+/t18-,24?,25?/m0/s1. The molecule has 0 bridgehead atoms. The summed E-state index contributed by atoms with van der Waals surface area (Å²) in [4.78, 5) is 30.0. The average Bonchev–Trinajstić information content (AvgIpc) is 3.80. The molecule has 0 aliphatic heterocycles. The maximum Gasteiger partial charge on any atom is 0.273 e. The molecule has 2 heterocycles. The minimum absolute atomic E-state index is 0.00587. The van der Waals surface area contributed by atoms with Crippen molar-refractivity contribution >= 4 is 35.1 Å². The van der Waals surface area contributed by atoms with E-state index < -0.39 is 22.6 Å². The maximum atomic E-state index is 15.9. The monoisotopic (exact) mass is 579 g/mol. The van der Waals surface area contributed by atoms with Crippen molar-refractivity contribution in [3.05, 3.63) is 98.3 Å². The summed E-state index contributed by atoms with van der Waals surface area (Å²) in [5.41, 5.74) is 0.446. The summed E-state index contributed by atoms with van der Waals surface area (Å²) < 4.78 is 34.3. The van der Waals surface area contributed by atoms with Crippen molar-refractivity contribution in [2.45, 2.75) is 52.4 Å². The third-order valence-electron chi connectivity index (χ3n) is 8.09. The molecule has 2 fully saturated rings. The number of nitrogens with zero attached hydrogens (tertiary/aromatic N) is 4. The number of amides is 1. The number of aromatic nitrogens is 3. The quantitative estimate of drug-likeness (QED) is 0.300. The molecule has 0 saturated heterocycles. The lowest BCUT2D eigenvalue weighted by atomic mass is 10.1. The third-order valence-corrected chi connectivity index (χ3v) is 8.47. The van der Waals surface area contributed by atoms with E-state index in [1.807, 2.05) is 26.2 Å². The van der Waals surface area contributed by atoms with Gasteiger partial charge in [0.1, 0.15) is 10.7 Å². The van der Waals surface area contributed by atoms with Crippen molar-refractivity contribution < 1.29 is 13.6 Å². The zero-order chi connectivity index (χ0) is 29.6. The Morgan fingerprint density at radius 3 is 2.63 bits per heavy atom. The number of aliphatic imine (C=N–C) groups is 1. The Balaban J connectivity index is 1.49. The lowest BCUT2D eigenvalue weighted by molar-refractivity contribution is -0.120. The highest BCUT2D eigenvalue weighted by Gasteiger charge is 2.51. The first kappa shape index (κ1) is 28.7. The van der Waals surface area contributed by atoms with Gasteiger partial charge in [-0.3, -0.25) is 23.8 Å². The number of halogens is 3. The molecule has 2 aliphatic rings. The SMILES string of the molecule is C/C=C/N=C(/C(F)=C/n1c(C)cc(C2C(c3ccn(C)n3)[C@H]2C)c(Cl)c1=O)c1cccc(NC(=O)C2(C)CC2)c1F. The summed E-state index contributed by atoms with van der Waals surface area (Å²) in [7, 11) is 1.85. The summed E-state index contributed by atoms with van der Waals surface area (Å²) in [6.45, 7) is 7.27. The molecule has 3 atom stereocenters. The number of aryl methyl sites for hydroxylation is 2. The van der Waals surface area contributed by atoms with Crippen LogP contribution in [0.4, 0.5) is 14.5 Å². The highest BCUT2D eigenvalue weighted by molar-refractivity contribution is 6.31. The largest absolute Gasteiger partial charge is 0.323 e. The number of benzene rings is 1. The van der Waals surface area contributed by atoms with Gasteiger partial charge in [-0.25, -0.2) is 8.78 Å². The van der Waals surface area contributed by atoms with Gasteiger partial charge in [-0.05, 0) is 68.4 Å². The molecule has 5 rings (SSSR count). The van der Waals surface area contributed by atoms with Gasteiger partial charge >= 0.3 is 0 Å². The van der Waals surface area contributed by atoms with Gasteiger partial charge in [-0.2, -0.15) is 5.10 Å². The van der Waals surface area contributed by atoms with Gasteiger partial charge in [0, 0.05) is 42.0 Å². The topological polar surface area (TPSA) is 81.3 Å². The summed E-state index contributed by atoms with van der Waals surface area (Å²) in [6, 6.07) is 8.05. The summed E-state index contributed by atoms with van der Waals surface area (Å²) in [5.74, 6) is -1.67.